The van der Waals surface area contributed by atoms with Gasteiger partial charge in [-0.25, -0.2) is 4.79 Å². The van der Waals surface area contributed by atoms with Gasteiger partial charge >= 0.3 is 5.97 Å². The van der Waals surface area contributed by atoms with E-state index in [1.165, 1.54) is 25.1 Å². The van der Waals surface area contributed by atoms with Gasteiger partial charge in [0.15, 0.2) is 0 Å². The van der Waals surface area contributed by atoms with Crippen LogP contribution in [-0.4, -0.2) is 27.6 Å². The number of phenolic OH excluding ortho intramolecular Hbond substituents is 1. The van der Waals surface area contributed by atoms with Crippen LogP contribution in [0.15, 0.2) is 18.2 Å². The van der Waals surface area contributed by atoms with Crippen LogP contribution in [-0.2, 0) is 4.79 Å². The molecule has 2 rings (SSSR count). The predicted molar refractivity (Wildman–Crippen MR) is 69.3 cm³/mol. The number of aromatic hydroxyl groups is 1. The molecule has 1 saturated carbocycles. The Labute approximate surface area is 115 Å². The SMILES string of the molecule is CC(NC(=O)c1cc(O)ccc1Cl)(C(=O)O)C1CC1. The van der Waals surface area contributed by atoms with Gasteiger partial charge in [0.05, 0.1) is 10.6 Å². The number of carboxylic acid groups (broad SMARTS) is 1. The number of hydrogen-bond donors (Lipinski definition) is 3. The Morgan fingerprint density at radius 1 is 1.42 bits per heavy atom. The lowest BCUT2D eigenvalue weighted by atomic mass is 9.95. The summed E-state index contributed by atoms with van der Waals surface area (Å²) in [6.07, 6.45) is 1.55. The zero-order valence-electron chi connectivity index (χ0n) is 10.3. The maximum absolute atomic E-state index is 12.1. The number of hydrogen-bond acceptors (Lipinski definition) is 3. The first-order valence-electron chi connectivity index (χ1n) is 5.89. The summed E-state index contributed by atoms with van der Waals surface area (Å²) in [5, 5.41) is 21.3. The van der Waals surface area contributed by atoms with Gasteiger partial charge in [-0.05, 0) is 43.9 Å². The third-order valence-corrected chi connectivity index (χ3v) is 3.74. The minimum absolute atomic E-state index is 0.0646. The van der Waals surface area contributed by atoms with E-state index in [-0.39, 0.29) is 22.3 Å². The van der Waals surface area contributed by atoms with Gasteiger partial charge in [0.25, 0.3) is 5.91 Å². The van der Waals surface area contributed by atoms with Crippen LogP contribution in [0.1, 0.15) is 30.1 Å². The van der Waals surface area contributed by atoms with E-state index in [9.17, 15) is 19.8 Å². The number of phenols is 1. The molecule has 3 N–H and O–H groups in total. The molecule has 0 aliphatic heterocycles. The molecule has 1 aromatic rings. The van der Waals surface area contributed by atoms with E-state index >= 15 is 0 Å². The molecule has 19 heavy (non-hydrogen) atoms. The van der Waals surface area contributed by atoms with Crippen LogP contribution < -0.4 is 5.32 Å². The van der Waals surface area contributed by atoms with E-state index in [0.717, 1.165) is 12.8 Å². The van der Waals surface area contributed by atoms with Crippen LogP contribution in [0.2, 0.25) is 5.02 Å². The van der Waals surface area contributed by atoms with Gasteiger partial charge in [-0.15, -0.1) is 0 Å². The van der Waals surface area contributed by atoms with E-state index in [1.807, 2.05) is 0 Å². The Hall–Kier alpha value is -1.75. The van der Waals surface area contributed by atoms with Crippen molar-refractivity contribution in [3.8, 4) is 5.75 Å². The van der Waals surface area contributed by atoms with Gasteiger partial charge in [0, 0.05) is 0 Å². The number of carboxylic acids is 1. The standard InChI is InChI=1S/C13H14ClNO4/c1-13(12(18)19,7-2-3-7)15-11(17)9-6-8(16)4-5-10(9)14/h4-7,16H,2-3H2,1H3,(H,15,17)(H,18,19). The van der Waals surface area contributed by atoms with E-state index in [1.54, 1.807) is 0 Å². The summed E-state index contributed by atoms with van der Waals surface area (Å²) in [5.74, 6) is -1.83. The van der Waals surface area contributed by atoms with E-state index < -0.39 is 17.4 Å². The molecular weight excluding hydrogens is 270 g/mol. The van der Waals surface area contributed by atoms with E-state index in [2.05, 4.69) is 5.32 Å². The minimum Gasteiger partial charge on any atom is -0.508 e. The van der Waals surface area contributed by atoms with E-state index in [0.29, 0.717) is 0 Å². The molecule has 1 atom stereocenters. The molecule has 1 aromatic carbocycles. The van der Waals surface area contributed by atoms with Crippen molar-refractivity contribution in [2.75, 3.05) is 0 Å². The van der Waals surface area contributed by atoms with Crippen LogP contribution in [0.5, 0.6) is 5.75 Å². The van der Waals surface area contributed by atoms with Crippen LogP contribution >= 0.6 is 11.6 Å². The van der Waals surface area contributed by atoms with Crippen molar-refractivity contribution in [2.24, 2.45) is 5.92 Å². The van der Waals surface area contributed by atoms with Crippen molar-refractivity contribution in [3.63, 3.8) is 0 Å². The average molecular weight is 284 g/mol. The summed E-state index contributed by atoms with van der Waals surface area (Å²) in [6, 6.07) is 3.96. The molecule has 5 nitrogen and oxygen atoms in total. The van der Waals surface area contributed by atoms with Crippen LogP contribution in [0.4, 0.5) is 0 Å². The van der Waals surface area contributed by atoms with Crippen molar-refractivity contribution >= 4 is 23.5 Å². The first kappa shape index (κ1) is 13.7. The quantitative estimate of drug-likeness (QED) is 0.789. The van der Waals surface area contributed by atoms with Crippen LogP contribution in [0.3, 0.4) is 0 Å². The van der Waals surface area contributed by atoms with Crippen molar-refractivity contribution < 1.29 is 19.8 Å². The number of benzene rings is 1. The van der Waals surface area contributed by atoms with Gasteiger partial charge in [0.1, 0.15) is 11.3 Å². The molecule has 0 saturated heterocycles. The molecule has 0 radical (unpaired) electrons. The van der Waals surface area contributed by atoms with Crippen LogP contribution in [0, 0.1) is 5.92 Å². The lowest BCUT2D eigenvalue weighted by Crippen LogP contribution is -2.54. The Morgan fingerprint density at radius 2 is 2.05 bits per heavy atom. The summed E-state index contributed by atoms with van der Waals surface area (Å²) in [5.41, 5.74) is -1.24. The molecule has 102 valence electrons. The normalized spacial score (nSPS) is 17.6. The third kappa shape index (κ3) is 2.66. The average Bonchev–Trinajstić information content (AvgIpc) is 3.16. The fourth-order valence-electron chi connectivity index (χ4n) is 1.98. The fraction of sp³-hybridized carbons (Fsp3) is 0.385. The highest BCUT2D eigenvalue weighted by Gasteiger charge is 2.48. The highest BCUT2D eigenvalue weighted by Crippen LogP contribution is 2.40. The highest BCUT2D eigenvalue weighted by atomic mass is 35.5. The largest absolute Gasteiger partial charge is 0.508 e. The summed E-state index contributed by atoms with van der Waals surface area (Å²) in [6.45, 7) is 1.49. The molecule has 0 aromatic heterocycles. The number of carbonyl (C=O) groups is 2. The summed E-state index contributed by atoms with van der Waals surface area (Å²) < 4.78 is 0. The number of halogens is 1. The Bertz CT molecular complexity index is 541. The van der Waals surface area contributed by atoms with E-state index in [4.69, 9.17) is 11.6 Å². The smallest absolute Gasteiger partial charge is 0.329 e. The summed E-state index contributed by atoms with van der Waals surface area (Å²) in [4.78, 5) is 23.4. The fourth-order valence-corrected chi connectivity index (χ4v) is 2.18. The molecular formula is C13H14ClNO4. The Kier molecular flexibility index (Phi) is 3.41. The summed E-state index contributed by atoms with van der Waals surface area (Å²) >= 11 is 5.88. The van der Waals surface area contributed by atoms with Gasteiger partial charge in [0.2, 0.25) is 0 Å². The third-order valence-electron chi connectivity index (χ3n) is 3.41. The maximum atomic E-state index is 12.1. The van der Waals surface area contributed by atoms with Gasteiger partial charge in [-0.1, -0.05) is 11.6 Å². The maximum Gasteiger partial charge on any atom is 0.329 e. The van der Waals surface area contributed by atoms with Crippen LogP contribution in [0.25, 0.3) is 0 Å². The molecule has 1 aliphatic carbocycles. The molecule has 0 spiro atoms. The second-order valence-electron chi connectivity index (χ2n) is 4.90. The Morgan fingerprint density at radius 3 is 2.58 bits per heavy atom. The van der Waals surface area contributed by atoms with Crippen molar-refractivity contribution in [1.29, 1.82) is 0 Å². The number of nitrogens with one attached hydrogen (secondary N) is 1. The number of amides is 1. The molecule has 1 fully saturated rings. The molecule has 6 heteroatoms. The highest BCUT2D eigenvalue weighted by molar-refractivity contribution is 6.34. The zero-order chi connectivity index (χ0) is 14.2. The van der Waals surface area contributed by atoms with Gasteiger partial charge in [-0.2, -0.15) is 0 Å². The molecule has 0 bridgehead atoms. The Balaban J connectivity index is 2.25. The van der Waals surface area contributed by atoms with Crippen molar-refractivity contribution in [2.45, 2.75) is 25.3 Å². The summed E-state index contributed by atoms with van der Waals surface area (Å²) in [7, 11) is 0. The minimum atomic E-state index is -1.30. The lowest BCUT2D eigenvalue weighted by Gasteiger charge is -2.26. The zero-order valence-corrected chi connectivity index (χ0v) is 11.1. The molecule has 1 aliphatic rings. The second kappa shape index (κ2) is 4.74. The number of carbonyl (C=O) groups excluding carboxylic acids is 1. The van der Waals surface area contributed by atoms with Gasteiger partial charge < -0.3 is 15.5 Å². The van der Waals surface area contributed by atoms with Gasteiger partial charge in [-0.3, -0.25) is 4.79 Å². The second-order valence-corrected chi connectivity index (χ2v) is 5.31. The van der Waals surface area contributed by atoms with Crippen molar-refractivity contribution in [3.05, 3.63) is 28.8 Å². The number of rotatable bonds is 4. The topological polar surface area (TPSA) is 86.6 Å². The monoisotopic (exact) mass is 283 g/mol. The predicted octanol–water partition coefficient (Wildman–Crippen LogP) is 2.03. The molecule has 1 amide bonds. The first-order valence-corrected chi connectivity index (χ1v) is 6.27. The molecule has 1 unspecified atom stereocenters. The number of aliphatic carboxylic acids is 1. The molecule has 0 heterocycles. The first-order chi connectivity index (χ1) is 8.84. The van der Waals surface area contributed by atoms with Crippen molar-refractivity contribution in [1.82, 2.24) is 5.32 Å². The lowest BCUT2D eigenvalue weighted by molar-refractivity contribution is -0.144.